The van der Waals surface area contributed by atoms with Gasteiger partial charge < -0.3 is 10.6 Å². The van der Waals surface area contributed by atoms with Crippen molar-refractivity contribution in [3.05, 3.63) is 35.1 Å². The number of hydrogen-bond acceptors (Lipinski definition) is 2. The zero-order valence-corrected chi connectivity index (χ0v) is 11.1. The highest BCUT2D eigenvalue weighted by molar-refractivity contribution is 5.94. The lowest BCUT2D eigenvalue weighted by molar-refractivity contribution is -0.140. The minimum absolute atomic E-state index is 0. The first-order chi connectivity index (χ1) is 8.79. The molecular weight excluding hydrogens is 300 g/mol. The number of nitrogens with zero attached hydrogens (tertiary/aromatic N) is 1. The predicted octanol–water partition coefficient (Wildman–Crippen LogP) is 2.44. The van der Waals surface area contributed by atoms with E-state index in [1.54, 1.807) is 0 Å². The number of likely N-dealkylation sites (tertiary alicyclic amines) is 1. The van der Waals surface area contributed by atoms with Gasteiger partial charge in [0.25, 0.3) is 5.91 Å². The van der Waals surface area contributed by atoms with Crippen LogP contribution in [0.2, 0.25) is 0 Å². The molecule has 0 aromatic heterocycles. The van der Waals surface area contributed by atoms with E-state index in [1.807, 2.05) is 0 Å². The molecule has 0 radical (unpaired) electrons. The molecule has 2 rings (SSSR count). The summed E-state index contributed by atoms with van der Waals surface area (Å²) in [6, 6.07) is 2.09. The summed E-state index contributed by atoms with van der Waals surface area (Å²) < 4.78 is 50.7. The number of rotatable bonds is 1. The molecule has 1 heterocycles. The molecule has 0 spiro atoms. The van der Waals surface area contributed by atoms with Crippen LogP contribution in [-0.2, 0) is 6.18 Å². The second kappa shape index (κ2) is 5.97. The third kappa shape index (κ3) is 3.40. The van der Waals surface area contributed by atoms with Crippen molar-refractivity contribution in [1.82, 2.24) is 4.90 Å². The fraction of sp³-hybridized carbons (Fsp3) is 0.417. The third-order valence-corrected chi connectivity index (χ3v) is 3.03. The average molecular weight is 313 g/mol. The Morgan fingerprint density at radius 1 is 1.35 bits per heavy atom. The Morgan fingerprint density at radius 2 is 2.00 bits per heavy atom. The van der Waals surface area contributed by atoms with Crippen molar-refractivity contribution in [3.63, 3.8) is 0 Å². The maximum Gasteiger partial charge on any atom is 0.419 e. The number of benzene rings is 1. The molecule has 8 heteroatoms. The molecule has 0 aliphatic carbocycles. The highest BCUT2D eigenvalue weighted by atomic mass is 35.5. The summed E-state index contributed by atoms with van der Waals surface area (Å²) in [5.41, 5.74) is 4.02. The Labute approximate surface area is 119 Å². The summed E-state index contributed by atoms with van der Waals surface area (Å²) >= 11 is 0. The van der Waals surface area contributed by atoms with Crippen molar-refractivity contribution in [2.75, 3.05) is 13.1 Å². The maximum absolute atomic E-state index is 13.1. The molecule has 20 heavy (non-hydrogen) atoms. The molecule has 1 aromatic rings. The van der Waals surface area contributed by atoms with Gasteiger partial charge in [-0.15, -0.1) is 12.4 Å². The van der Waals surface area contributed by atoms with Crippen LogP contribution in [-0.4, -0.2) is 29.9 Å². The zero-order chi connectivity index (χ0) is 14.2. The van der Waals surface area contributed by atoms with Gasteiger partial charge in [-0.1, -0.05) is 0 Å². The summed E-state index contributed by atoms with van der Waals surface area (Å²) in [7, 11) is 0. The molecule has 1 aliphatic heterocycles. The first-order valence-electron chi connectivity index (χ1n) is 5.70. The first-order valence-corrected chi connectivity index (χ1v) is 5.70. The van der Waals surface area contributed by atoms with Gasteiger partial charge in [-0.3, -0.25) is 4.79 Å². The van der Waals surface area contributed by atoms with E-state index in [0.29, 0.717) is 31.6 Å². The van der Waals surface area contributed by atoms with Gasteiger partial charge in [-0.05, 0) is 24.6 Å². The highest BCUT2D eigenvalue weighted by Crippen LogP contribution is 2.32. The molecule has 0 bridgehead atoms. The predicted molar refractivity (Wildman–Crippen MR) is 67.1 cm³/mol. The Morgan fingerprint density at radius 3 is 2.50 bits per heavy atom. The first kappa shape index (κ1) is 16.7. The van der Waals surface area contributed by atoms with Crippen LogP contribution in [0.1, 0.15) is 22.3 Å². The van der Waals surface area contributed by atoms with E-state index in [1.165, 1.54) is 4.90 Å². The van der Waals surface area contributed by atoms with Crippen LogP contribution in [0.3, 0.4) is 0 Å². The Kier molecular flexibility index (Phi) is 4.99. The number of nitrogens with two attached hydrogens (primary N) is 1. The van der Waals surface area contributed by atoms with Crippen LogP contribution in [0.15, 0.2) is 18.2 Å². The lowest BCUT2D eigenvalue weighted by Crippen LogP contribution is -2.32. The number of hydrogen-bond donors (Lipinski definition) is 1. The summed E-state index contributed by atoms with van der Waals surface area (Å²) in [5, 5.41) is 0. The molecule has 1 aromatic carbocycles. The molecule has 0 unspecified atom stereocenters. The maximum atomic E-state index is 13.1. The fourth-order valence-corrected chi connectivity index (χ4v) is 2.03. The van der Waals surface area contributed by atoms with Crippen LogP contribution < -0.4 is 5.73 Å². The molecule has 1 fully saturated rings. The number of amides is 1. The molecule has 0 saturated carbocycles. The van der Waals surface area contributed by atoms with E-state index in [0.717, 1.165) is 6.07 Å². The molecular formula is C12H13ClF4N2O. The van der Waals surface area contributed by atoms with Crippen LogP contribution >= 0.6 is 12.4 Å². The van der Waals surface area contributed by atoms with Crippen molar-refractivity contribution in [3.8, 4) is 0 Å². The molecule has 1 atom stereocenters. The van der Waals surface area contributed by atoms with Crippen molar-refractivity contribution in [1.29, 1.82) is 0 Å². The standard InChI is InChI=1S/C12H12F4N2O.ClH/c13-10-2-1-7(5-9(10)12(14,15)16)11(19)18-4-3-8(17)6-18;/h1-2,5,8H,3-4,6,17H2;1H/t8-;/m0./s1. The normalized spacial score (nSPS) is 18.9. The van der Waals surface area contributed by atoms with Crippen LogP contribution in [0.4, 0.5) is 17.6 Å². The van der Waals surface area contributed by atoms with Crippen LogP contribution in [0.5, 0.6) is 0 Å². The summed E-state index contributed by atoms with van der Waals surface area (Å²) in [6.07, 6.45) is -4.21. The quantitative estimate of drug-likeness (QED) is 0.810. The van der Waals surface area contributed by atoms with Gasteiger partial charge in [0.15, 0.2) is 0 Å². The van der Waals surface area contributed by atoms with Crippen molar-refractivity contribution >= 4 is 18.3 Å². The molecule has 2 N–H and O–H groups in total. The van der Waals surface area contributed by atoms with Gasteiger partial charge >= 0.3 is 6.18 Å². The summed E-state index contributed by atoms with van der Waals surface area (Å²) in [5.74, 6) is -1.94. The number of halogens is 5. The minimum Gasteiger partial charge on any atom is -0.337 e. The van der Waals surface area contributed by atoms with E-state index in [-0.39, 0.29) is 24.0 Å². The van der Waals surface area contributed by atoms with Crippen molar-refractivity contribution in [2.24, 2.45) is 5.73 Å². The lowest BCUT2D eigenvalue weighted by Gasteiger charge is -2.17. The van der Waals surface area contributed by atoms with Crippen molar-refractivity contribution < 1.29 is 22.4 Å². The van der Waals surface area contributed by atoms with E-state index < -0.39 is 23.5 Å². The third-order valence-electron chi connectivity index (χ3n) is 3.03. The number of carbonyl (C=O) groups is 1. The number of alkyl halides is 3. The van der Waals surface area contributed by atoms with Gasteiger partial charge in [0, 0.05) is 24.7 Å². The largest absolute Gasteiger partial charge is 0.419 e. The van der Waals surface area contributed by atoms with Gasteiger partial charge in [-0.25, -0.2) is 4.39 Å². The Hall–Kier alpha value is -1.34. The van der Waals surface area contributed by atoms with E-state index >= 15 is 0 Å². The summed E-state index contributed by atoms with van der Waals surface area (Å²) in [4.78, 5) is 13.3. The van der Waals surface area contributed by atoms with Gasteiger partial charge in [0.2, 0.25) is 0 Å². The van der Waals surface area contributed by atoms with Crippen molar-refractivity contribution in [2.45, 2.75) is 18.6 Å². The highest BCUT2D eigenvalue weighted by Gasteiger charge is 2.35. The van der Waals surface area contributed by atoms with Gasteiger partial charge in [0.05, 0.1) is 5.56 Å². The van der Waals surface area contributed by atoms with E-state index in [4.69, 9.17) is 5.73 Å². The molecule has 112 valence electrons. The SMILES string of the molecule is Cl.N[C@H]1CCN(C(=O)c2ccc(F)c(C(F)(F)F)c2)C1. The van der Waals surface area contributed by atoms with Gasteiger partial charge in [-0.2, -0.15) is 13.2 Å². The molecule has 1 amide bonds. The minimum atomic E-state index is -4.82. The Balaban J connectivity index is 0.00000200. The Bertz CT molecular complexity index is 507. The fourth-order valence-electron chi connectivity index (χ4n) is 2.03. The second-order valence-corrected chi connectivity index (χ2v) is 4.49. The van der Waals surface area contributed by atoms with E-state index in [9.17, 15) is 22.4 Å². The molecule has 3 nitrogen and oxygen atoms in total. The molecule has 1 aliphatic rings. The monoisotopic (exact) mass is 312 g/mol. The topological polar surface area (TPSA) is 46.3 Å². The second-order valence-electron chi connectivity index (χ2n) is 4.49. The van der Waals surface area contributed by atoms with Crippen LogP contribution in [0.25, 0.3) is 0 Å². The lowest BCUT2D eigenvalue weighted by atomic mass is 10.1. The smallest absolute Gasteiger partial charge is 0.337 e. The number of carbonyl (C=O) groups excluding carboxylic acids is 1. The summed E-state index contributed by atoms with van der Waals surface area (Å²) in [6.45, 7) is 0.705. The molecule has 1 saturated heterocycles. The zero-order valence-electron chi connectivity index (χ0n) is 10.3. The average Bonchev–Trinajstić information content (AvgIpc) is 2.74. The van der Waals surface area contributed by atoms with E-state index in [2.05, 4.69) is 0 Å². The van der Waals surface area contributed by atoms with Crippen LogP contribution in [0, 0.1) is 5.82 Å². The van der Waals surface area contributed by atoms with Gasteiger partial charge in [0.1, 0.15) is 5.82 Å².